The SMILES string of the molecule is CNc1ncccc1-c1nc(-n2cnc3cc(Nc4ccc(C)nn4)ccc32)ccc1CCO. The molecule has 0 aliphatic carbocycles. The van der Waals surface area contributed by atoms with Gasteiger partial charge in [-0.25, -0.2) is 15.0 Å². The summed E-state index contributed by atoms with van der Waals surface area (Å²) >= 11 is 0. The van der Waals surface area contributed by atoms with Crippen LogP contribution in [0, 0.1) is 6.92 Å². The van der Waals surface area contributed by atoms with Crippen LogP contribution < -0.4 is 10.6 Å². The minimum absolute atomic E-state index is 0.0400. The number of aromatic nitrogens is 6. The van der Waals surface area contributed by atoms with Crippen LogP contribution >= 0.6 is 0 Å². The molecule has 3 N–H and O–H groups in total. The molecule has 0 bridgehead atoms. The number of hydrogen-bond donors (Lipinski definition) is 3. The number of aliphatic hydroxyl groups is 1. The highest BCUT2D eigenvalue weighted by Gasteiger charge is 2.15. The molecular formula is C25H24N8O. The number of fused-ring (bicyclic) bond motifs is 1. The van der Waals surface area contributed by atoms with Gasteiger partial charge in [0, 0.05) is 31.1 Å². The summed E-state index contributed by atoms with van der Waals surface area (Å²) in [5.41, 5.74) is 6.10. The third kappa shape index (κ3) is 4.16. The van der Waals surface area contributed by atoms with E-state index in [0.717, 1.165) is 50.9 Å². The van der Waals surface area contributed by atoms with Crippen LogP contribution in [0.3, 0.4) is 0 Å². The van der Waals surface area contributed by atoms with Crippen molar-refractivity contribution in [2.24, 2.45) is 0 Å². The highest BCUT2D eigenvalue weighted by molar-refractivity contribution is 5.82. The summed E-state index contributed by atoms with van der Waals surface area (Å²) in [6, 6.07) is 17.5. The summed E-state index contributed by atoms with van der Waals surface area (Å²) < 4.78 is 1.95. The molecule has 0 atom stereocenters. The van der Waals surface area contributed by atoms with Crippen LogP contribution in [-0.2, 0) is 6.42 Å². The van der Waals surface area contributed by atoms with Crippen molar-refractivity contribution in [2.75, 3.05) is 24.3 Å². The molecule has 0 radical (unpaired) electrons. The smallest absolute Gasteiger partial charge is 0.153 e. The maximum Gasteiger partial charge on any atom is 0.153 e. The molecule has 4 aromatic heterocycles. The predicted molar refractivity (Wildman–Crippen MR) is 132 cm³/mol. The molecule has 0 aliphatic rings. The summed E-state index contributed by atoms with van der Waals surface area (Å²) in [7, 11) is 1.83. The molecule has 5 rings (SSSR count). The zero-order valence-corrected chi connectivity index (χ0v) is 18.9. The maximum atomic E-state index is 9.57. The zero-order chi connectivity index (χ0) is 23.5. The molecule has 0 saturated carbocycles. The first-order valence-electron chi connectivity index (χ1n) is 10.9. The van der Waals surface area contributed by atoms with Crippen molar-refractivity contribution in [2.45, 2.75) is 13.3 Å². The van der Waals surface area contributed by atoms with Crippen molar-refractivity contribution in [3.05, 3.63) is 78.4 Å². The Bertz CT molecular complexity index is 1450. The van der Waals surface area contributed by atoms with Gasteiger partial charge in [-0.2, -0.15) is 5.10 Å². The van der Waals surface area contributed by atoms with Crippen LogP contribution in [0.1, 0.15) is 11.3 Å². The fourth-order valence-corrected chi connectivity index (χ4v) is 3.85. The highest BCUT2D eigenvalue weighted by Crippen LogP contribution is 2.30. The first-order chi connectivity index (χ1) is 16.7. The number of hydrogen-bond acceptors (Lipinski definition) is 8. The van der Waals surface area contributed by atoms with Gasteiger partial charge < -0.3 is 15.7 Å². The Balaban J connectivity index is 1.53. The molecule has 0 amide bonds. The van der Waals surface area contributed by atoms with Crippen molar-refractivity contribution in [1.29, 1.82) is 0 Å². The standard InChI is InChI=1S/C25H24N8O/c1-16-5-9-22(32-31-16)29-18-7-8-21-20(14-18)28-15-33(21)23-10-6-17(11-13-34)24(30-23)19-4-3-12-27-25(19)26-2/h3-10,12,14-15,34H,11,13H2,1-2H3,(H,26,27)(H,29,32). The second-order valence-electron chi connectivity index (χ2n) is 7.80. The lowest BCUT2D eigenvalue weighted by atomic mass is 10.0. The summed E-state index contributed by atoms with van der Waals surface area (Å²) in [6.45, 7) is 1.94. The number of nitrogens with one attached hydrogen (secondary N) is 2. The van der Waals surface area contributed by atoms with Crippen molar-refractivity contribution in [3.8, 4) is 17.1 Å². The van der Waals surface area contributed by atoms with Gasteiger partial charge in [-0.3, -0.25) is 4.57 Å². The molecular weight excluding hydrogens is 428 g/mol. The molecule has 5 aromatic rings. The van der Waals surface area contributed by atoms with E-state index in [1.807, 2.05) is 73.1 Å². The molecule has 9 nitrogen and oxygen atoms in total. The number of nitrogens with zero attached hydrogens (tertiary/aromatic N) is 6. The monoisotopic (exact) mass is 452 g/mol. The number of benzene rings is 1. The molecule has 0 saturated heterocycles. The topological polar surface area (TPSA) is 114 Å². The van der Waals surface area contributed by atoms with Gasteiger partial charge in [0.2, 0.25) is 0 Å². The average Bonchev–Trinajstić information content (AvgIpc) is 3.29. The minimum atomic E-state index is 0.0400. The van der Waals surface area contributed by atoms with Crippen molar-refractivity contribution >= 4 is 28.4 Å². The van der Waals surface area contributed by atoms with E-state index >= 15 is 0 Å². The summed E-state index contributed by atoms with van der Waals surface area (Å²) in [6.07, 6.45) is 4.00. The average molecular weight is 453 g/mol. The van der Waals surface area contributed by atoms with E-state index in [0.29, 0.717) is 12.2 Å². The maximum absolute atomic E-state index is 9.57. The van der Waals surface area contributed by atoms with Crippen LogP contribution in [0.15, 0.2) is 67.1 Å². The number of anilines is 3. The molecule has 9 heteroatoms. The van der Waals surface area contributed by atoms with Crippen LogP contribution in [0.25, 0.3) is 28.1 Å². The number of pyridine rings is 2. The van der Waals surface area contributed by atoms with E-state index in [4.69, 9.17) is 4.98 Å². The van der Waals surface area contributed by atoms with Crippen LogP contribution in [0.5, 0.6) is 0 Å². The van der Waals surface area contributed by atoms with Gasteiger partial charge in [-0.1, -0.05) is 6.07 Å². The lowest BCUT2D eigenvalue weighted by molar-refractivity contribution is 0.299. The Morgan fingerprint density at radius 3 is 2.71 bits per heavy atom. The zero-order valence-electron chi connectivity index (χ0n) is 18.9. The third-order valence-corrected chi connectivity index (χ3v) is 5.51. The van der Waals surface area contributed by atoms with E-state index in [2.05, 4.69) is 30.8 Å². The van der Waals surface area contributed by atoms with Gasteiger partial charge in [-0.05, 0) is 67.4 Å². The number of aryl methyl sites for hydroxylation is 1. The largest absolute Gasteiger partial charge is 0.396 e. The Kier molecular flexibility index (Phi) is 5.84. The number of aliphatic hydroxyl groups excluding tert-OH is 1. The highest BCUT2D eigenvalue weighted by atomic mass is 16.2. The van der Waals surface area contributed by atoms with Crippen molar-refractivity contribution in [3.63, 3.8) is 0 Å². The summed E-state index contributed by atoms with van der Waals surface area (Å²) in [5, 5.41) is 24.2. The van der Waals surface area contributed by atoms with E-state index in [9.17, 15) is 5.11 Å². The Morgan fingerprint density at radius 1 is 1.00 bits per heavy atom. The van der Waals surface area contributed by atoms with E-state index in [1.54, 1.807) is 12.5 Å². The van der Waals surface area contributed by atoms with Gasteiger partial charge >= 0.3 is 0 Å². The Labute approximate surface area is 196 Å². The van der Waals surface area contributed by atoms with E-state index in [1.165, 1.54) is 0 Å². The first-order valence-corrected chi connectivity index (χ1v) is 10.9. The molecule has 170 valence electrons. The second-order valence-corrected chi connectivity index (χ2v) is 7.80. The molecule has 0 aliphatic heterocycles. The summed E-state index contributed by atoms with van der Waals surface area (Å²) in [4.78, 5) is 14.0. The third-order valence-electron chi connectivity index (χ3n) is 5.51. The Morgan fingerprint density at radius 2 is 1.91 bits per heavy atom. The molecule has 0 unspecified atom stereocenters. The van der Waals surface area contributed by atoms with Gasteiger partial charge in [0.15, 0.2) is 5.82 Å². The van der Waals surface area contributed by atoms with Gasteiger partial charge in [0.05, 0.1) is 22.4 Å². The van der Waals surface area contributed by atoms with Gasteiger partial charge in [0.25, 0.3) is 0 Å². The fraction of sp³-hybridized carbons (Fsp3) is 0.160. The van der Waals surface area contributed by atoms with Crippen LogP contribution in [0.4, 0.5) is 17.3 Å². The fourth-order valence-electron chi connectivity index (χ4n) is 3.85. The minimum Gasteiger partial charge on any atom is -0.396 e. The first kappa shape index (κ1) is 21.5. The number of rotatable bonds is 7. The molecule has 1 aromatic carbocycles. The van der Waals surface area contributed by atoms with E-state index in [-0.39, 0.29) is 6.61 Å². The quantitative estimate of drug-likeness (QED) is 0.341. The Hall–Kier alpha value is -4.37. The molecule has 0 spiro atoms. The van der Waals surface area contributed by atoms with E-state index < -0.39 is 0 Å². The van der Waals surface area contributed by atoms with Crippen LogP contribution in [0.2, 0.25) is 0 Å². The van der Waals surface area contributed by atoms with Gasteiger partial charge in [-0.15, -0.1) is 5.10 Å². The van der Waals surface area contributed by atoms with Gasteiger partial charge in [0.1, 0.15) is 18.0 Å². The molecule has 4 heterocycles. The number of imidazole rings is 1. The van der Waals surface area contributed by atoms with Crippen molar-refractivity contribution in [1.82, 2.24) is 29.7 Å². The molecule has 0 fully saturated rings. The van der Waals surface area contributed by atoms with Crippen molar-refractivity contribution < 1.29 is 5.11 Å². The second kappa shape index (κ2) is 9.24. The van der Waals surface area contributed by atoms with Crippen LogP contribution in [-0.4, -0.2) is 48.5 Å². The summed E-state index contributed by atoms with van der Waals surface area (Å²) in [5.74, 6) is 2.14. The predicted octanol–water partition coefficient (Wildman–Crippen LogP) is 3.90. The lowest BCUT2D eigenvalue weighted by Gasteiger charge is -2.14. The normalized spacial score (nSPS) is 11.0. The molecule has 34 heavy (non-hydrogen) atoms. The lowest BCUT2D eigenvalue weighted by Crippen LogP contribution is -2.04.